The largest absolute Gasteiger partial charge is 0.633 e. The van der Waals surface area contributed by atoms with Gasteiger partial charge in [0.15, 0.2) is 0 Å². The van der Waals surface area contributed by atoms with Gasteiger partial charge >= 0.3 is 0 Å². The summed E-state index contributed by atoms with van der Waals surface area (Å²) in [7, 11) is 1.70. The molecule has 1 N–H and O–H groups in total. The van der Waals surface area contributed by atoms with Crippen molar-refractivity contribution in [1.29, 1.82) is 0 Å². The molecule has 1 amide bonds. The molecule has 5 rings (SSSR count). The smallest absolute Gasteiger partial charge is 0.259 e. The number of amides is 1. The SMILES string of the molecule is Cc1ccc(N(CN2CC[N+](C)([O-])CC2)C(=O)c2ccccc2)cc1Nc1nccc(-c2cccnc2)n1. The minimum absolute atomic E-state index is 0.0971. The number of hydroxylamine groups is 3. The first kappa shape index (κ1) is 25.5. The van der Waals surface area contributed by atoms with Gasteiger partial charge in [-0.15, -0.1) is 0 Å². The molecule has 1 saturated heterocycles. The zero-order valence-electron chi connectivity index (χ0n) is 21.6. The van der Waals surface area contributed by atoms with Crippen molar-refractivity contribution in [3.05, 3.63) is 102 Å². The average Bonchev–Trinajstić information content (AvgIpc) is 2.94. The van der Waals surface area contributed by atoms with Crippen LogP contribution in [0.1, 0.15) is 15.9 Å². The lowest BCUT2D eigenvalue weighted by atomic mass is 10.1. The lowest BCUT2D eigenvalue weighted by molar-refractivity contribution is -0.865. The Labute approximate surface area is 222 Å². The number of aryl methyl sites for hydroxylation is 1. The molecule has 4 aromatic rings. The molecule has 2 aromatic carbocycles. The highest BCUT2D eigenvalue weighted by molar-refractivity contribution is 6.06. The van der Waals surface area contributed by atoms with Crippen molar-refractivity contribution in [1.82, 2.24) is 19.9 Å². The summed E-state index contributed by atoms with van der Waals surface area (Å²) in [6.07, 6.45) is 5.20. The highest BCUT2D eigenvalue weighted by atomic mass is 16.5. The average molecular weight is 510 g/mol. The minimum atomic E-state index is -0.250. The topological polar surface area (TPSA) is 97.3 Å². The van der Waals surface area contributed by atoms with Crippen LogP contribution >= 0.6 is 0 Å². The normalized spacial score (nSPS) is 15.1. The number of benzene rings is 2. The number of pyridine rings is 1. The van der Waals surface area contributed by atoms with Crippen molar-refractivity contribution in [2.45, 2.75) is 6.92 Å². The van der Waals surface area contributed by atoms with Gasteiger partial charge in [0, 0.05) is 54.2 Å². The summed E-state index contributed by atoms with van der Waals surface area (Å²) in [5.41, 5.74) is 4.82. The number of likely N-dealkylation sites (N-methyl/N-ethyl adjacent to an activating group) is 1. The minimum Gasteiger partial charge on any atom is -0.633 e. The number of carbonyl (C=O) groups is 1. The zero-order valence-corrected chi connectivity index (χ0v) is 21.6. The number of hydrogen-bond donors (Lipinski definition) is 1. The first-order valence-corrected chi connectivity index (χ1v) is 12.6. The van der Waals surface area contributed by atoms with Crippen LogP contribution in [0.25, 0.3) is 11.3 Å². The first-order chi connectivity index (χ1) is 18.4. The Hall–Kier alpha value is -4.18. The van der Waals surface area contributed by atoms with E-state index in [2.05, 4.69) is 25.2 Å². The molecule has 3 heterocycles. The number of anilines is 3. The second kappa shape index (κ2) is 11.1. The van der Waals surface area contributed by atoms with E-state index in [0.717, 1.165) is 28.2 Å². The van der Waals surface area contributed by atoms with E-state index in [1.165, 1.54) is 0 Å². The van der Waals surface area contributed by atoms with Crippen molar-refractivity contribution >= 4 is 23.2 Å². The Kier molecular flexibility index (Phi) is 7.41. The van der Waals surface area contributed by atoms with Crippen LogP contribution < -0.4 is 10.2 Å². The molecule has 9 heteroatoms. The monoisotopic (exact) mass is 509 g/mol. The summed E-state index contributed by atoms with van der Waals surface area (Å²) in [6, 6.07) is 20.8. The fraction of sp³-hybridized carbons (Fsp3) is 0.241. The van der Waals surface area contributed by atoms with Crippen molar-refractivity contribution in [2.75, 3.05) is 50.1 Å². The van der Waals surface area contributed by atoms with Gasteiger partial charge in [-0.05, 0) is 55.0 Å². The van der Waals surface area contributed by atoms with Crippen molar-refractivity contribution < 1.29 is 9.44 Å². The molecule has 0 aliphatic carbocycles. The van der Waals surface area contributed by atoms with Crippen LogP contribution in [0.15, 0.2) is 85.3 Å². The summed E-state index contributed by atoms with van der Waals surface area (Å²) in [5.74, 6) is 0.358. The van der Waals surface area contributed by atoms with Crippen molar-refractivity contribution in [3.63, 3.8) is 0 Å². The molecule has 0 bridgehead atoms. The molecule has 1 fully saturated rings. The summed E-state index contributed by atoms with van der Waals surface area (Å²) >= 11 is 0. The fourth-order valence-electron chi connectivity index (χ4n) is 4.40. The first-order valence-electron chi connectivity index (χ1n) is 12.6. The third-order valence-corrected chi connectivity index (χ3v) is 6.78. The maximum absolute atomic E-state index is 13.7. The zero-order chi connectivity index (χ0) is 26.5. The van der Waals surface area contributed by atoms with Gasteiger partial charge in [0.1, 0.15) is 0 Å². The molecule has 0 unspecified atom stereocenters. The number of nitrogens with zero attached hydrogens (tertiary/aromatic N) is 6. The number of rotatable bonds is 7. The van der Waals surface area contributed by atoms with Crippen LogP contribution in [0, 0.1) is 12.1 Å². The number of piperazine rings is 1. The maximum Gasteiger partial charge on any atom is 0.259 e. The van der Waals surface area contributed by atoms with E-state index < -0.39 is 0 Å². The van der Waals surface area contributed by atoms with E-state index in [4.69, 9.17) is 0 Å². The molecule has 1 aliphatic heterocycles. The fourth-order valence-corrected chi connectivity index (χ4v) is 4.40. The molecule has 38 heavy (non-hydrogen) atoms. The van der Waals surface area contributed by atoms with E-state index in [9.17, 15) is 10.0 Å². The molecular weight excluding hydrogens is 478 g/mol. The lowest BCUT2D eigenvalue weighted by Gasteiger charge is -2.46. The summed E-state index contributed by atoms with van der Waals surface area (Å²) in [6.45, 7) is 4.65. The molecule has 0 radical (unpaired) electrons. The highest BCUT2D eigenvalue weighted by Crippen LogP contribution is 2.28. The van der Waals surface area contributed by atoms with Crippen LogP contribution in [0.3, 0.4) is 0 Å². The predicted octanol–water partition coefficient (Wildman–Crippen LogP) is 4.45. The predicted molar refractivity (Wildman–Crippen MR) is 149 cm³/mol. The van der Waals surface area contributed by atoms with Gasteiger partial charge in [0.05, 0.1) is 32.5 Å². The lowest BCUT2D eigenvalue weighted by Crippen LogP contribution is -2.56. The molecule has 0 saturated carbocycles. The van der Waals surface area contributed by atoms with Crippen LogP contribution in [-0.2, 0) is 0 Å². The Balaban J connectivity index is 1.43. The third-order valence-electron chi connectivity index (χ3n) is 6.78. The van der Waals surface area contributed by atoms with Crippen LogP contribution in [-0.4, -0.2) is 70.3 Å². The quantitative estimate of drug-likeness (QED) is 0.290. The molecule has 0 spiro atoms. The standard InChI is InChI=1S/C29H31N7O2/c1-22-10-11-25(19-27(22)33-29-31-14-12-26(32-29)24-9-6-13-30-20-24)35(28(37)23-7-4-3-5-8-23)21-34-15-17-36(2,38)18-16-34/h3-14,19-20H,15-18,21H2,1-2H3,(H,31,32,33). The Morgan fingerprint density at radius 1 is 1.05 bits per heavy atom. The molecule has 1 aliphatic rings. The van der Waals surface area contributed by atoms with Crippen LogP contribution in [0.2, 0.25) is 0 Å². The number of nitrogens with one attached hydrogen (secondary N) is 1. The summed E-state index contributed by atoms with van der Waals surface area (Å²) in [5, 5.41) is 15.7. The van der Waals surface area contributed by atoms with Gasteiger partial charge in [0.2, 0.25) is 5.95 Å². The maximum atomic E-state index is 13.7. The van der Waals surface area contributed by atoms with Crippen molar-refractivity contribution in [2.24, 2.45) is 0 Å². The van der Waals surface area contributed by atoms with Gasteiger partial charge in [-0.2, -0.15) is 0 Å². The van der Waals surface area contributed by atoms with E-state index in [1.54, 1.807) is 30.5 Å². The van der Waals surface area contributed by atoms with Gasteiger partial charge in [-0.25, -0.2) is 9.97 Å². The van der Waals surface area contributed by atoms with Crippen molar-refractivity contribution in [3.8, 4) is 11.3 Å². The second-order valence-corrected chi connectivity index (χ2v) is 9.73. The second-order valence-electron chi connectivity index (χ2n) is 9.73. The summed E-state index contributed by atoms with van der Waals surface area (Å²) < 4.78 is -0.250. The van der Waals surface area contributed by atoms with E-state index in [1.807, 2.05) is 73.7 Å². The Morgan fingerprint density at radius 2 is 1.84 bits per heavy atom. The molecule has 9 nitrogen and oxygen atoms in total. The Morgan fingerprint density at radius 3 is 2.58 bits per heavy atom. The molecule has 0 atom stereocenters. The highest BCUT2D eigenvalue weighted by Gasteiger charge is 2.26. The molecular formula is C29H31N7O2. The number of carbonyl (C=O) groups excluding carboxylic acids is 1. The van der Waals surface area contributed by atoms with E-state index in [0.29, 0.717) is 44.4 Å². The number of quaternary nitrogens is 1. The molecule has 2 aromatic heterocycles. The number of aromatic nitrogens is 3. The molecule has 194 valence electrons. The van der Waals surface area contributed by atoms with Gasteiger partial charge in [0.25, 0.3) is 5.91 Å². The van der Waals surface area contributed by atoms with Crippen LogP contribution in [0.4, 0.5) is 17.3 Å². The van der Waals surface area contributed by atoms with E-state index >= 15 is 0 Å². The Bertz CT molecular complexity index is 1390. The number of hydrogen-bond acceptors (Lipinski definition) is 7. The van der Waals surface area contributed by atoms with Crippen LogP contribution in [0.5, 0.6) is 0 Å². The third kappa shape index (κ3) is 6.03. The van der Waals surface area contributed by atoms with Gasteiger partial charge in [-0.1, -0.05) is 24.3 Å². The van der Waals surface area contributed by atoms with Gasteiger partial charge < -0.3 is 15.2 Å². The summed E-state index contributed by atoms with van der Waals surface area (Å²) in [4.78, 5) is 30.9. The van der Waals surface area contributed by atoms with E-state index in [-0.39, 0.29) is 10.6 Å². The van der Waals surface area contributed by atoms with Gasteiger partial charge in [-0.3, -0.25) is 19.6 Å².